The number of hydrogen-bond donors (Lipinski definition) is 2. The standard InChI is InChI=1S/C10H12N2O3S/c1-2-7-11-5-6(16-7)8(13)12-10(3-4-10)9(14)15/h5H,2-4H2,1H3,(H,12,13)(H,14,15). The third kappa shape index (κ3) is 1.92. The van der Waals surface area contributed by atoms with Crippen molar-refractivity contribution in [1.29, 1.82) is 0 Å². The van der Waals surface area contributed by atoms with Gasteiger partial charge in [-0.3, -0.25) is 4.79 Å². The second kappa shape index (κ2) is 3.86. The predicted molar refractivity (Wildman–Crippen MR) is 58.6 cm³/mol. The van der Waals surface area contributed by atoms with Gasteiger partial charge in [0.05, 0.1) is 11.2 Å². The first kappa shape index (κ1) is 11.1. The number of aryl methyl sites for hydroxylation is 1. The Morgan fingerprint density at radius 1 is 1.62 bits per heavy atom. The van der Waals surface area contributed by atoms with E-state index in [0.29, 0.717) is 17.7 Å². The van der Waals surface area contributed by atoms with Crippen LogP contribution in [-0.4, -0.2) is 27.5 Å². The largest absolute Gasteiger partial charge is 0.480 e. The number of nitrogens with one attached hydrogen (secondary N) is 1. The Labute approximate surface area is 96.5 Å². The van der Waals surface area contributed by atoms with Crippen LogP contribution in [0.2, 0.25) is 0 Å². The summed E-state index contributed by atoms with van der Waals surface area (Å²) in [6.45, 7) is 1.96. The molecule has 1 aliphatic rings. The molecule has 0 aromatic carbocycles. The van der Waals surface area contributed by atoms with E-state index < -0.39 is 11.5 Å². The van der Waals surface area contributed by atoms with E-state index in [0.717, 1.165) is 11.4 Å². The normalized spacial score (nSPS) is 16.8. The summed E-state index contributed by atoms with van der Waals surface area (Å²) in [4.78, 5) is 27.2. The van der Waals surface area contributed by atoms with Crippen LogP contribution < -0.4 is 5.32 Å². The molecular weight excluding hydrogens is 228 g/mol. The van der Waals surface area contributed by atoms with Crippen molar-refractivity contribution >= 4 is 23.2 Å². The maximum absolute atomic E-state index is 11.7. The van der Waals surface area contributed by atoms with E-state index in [1.54, 1.807) is 0 Å². The highest BCUT2D eigenvalue weighted by Crippen LogP contribution is 2.36. The second-order valence-corrected chi connectivity index (χ2v) is 4.93. The number of nitrogens with zero attached hydrogens (tertiary/aromatic N) is 1. The van der Waals surface area contributed by atoms with Gasteiger partial charge >= 0.3 is 5.97 Å². The highest BCUT2D eigenvalue weighted by molar-refractivity contribution is 7.13. The molecule has 1 heterocycles. The number of aliphatic carboxylic acids is 1. The van der Waals surface area contributed by atoms with Gasteiger partial charge < -0.3 is 10.4 Å². The molecule has 1 aromatic rings. The number of carbonyl (C=O) groups excluding carboxylic acids is 1. The van der Waals surface area contributed by atoms with Crippen LogP contribution in [0.25, 0.3) is 0 Å². The topological polar surface area (TPSA) is 79.3 Å². The van der Waals surface area contributed by atoms with Gasteiger partial charge in [-0.2, -0.15) is 0 Å². The van der Waals surface area contributed by atoms with Crippen LogP contribution in [0.3, 0.4) is 0 Å². The van der Waals surface area contributed by atoms with Crippen LogP contribution in [0.15, 0.2) is 6.20 Å². The van der Waals surface area contributed by atoms with E-state index in [2.05, 4.69) is 10.3 Å². The first-order chi connectivity index (χ1) is 7.57. The van der Waals surface area contributed by atoms with E-state index in [4.69, 9.17) is 5.11 Å². The Morgan fingerprint density at radius 2 is 2.31 bits per heavy atom. The summed E-state index contributed by atoms with van der Waals surface area (Å²) in [7, 11) is 0. The second-order valence-electron chi connectivity index (χ2n) is 3.81. The average Bonchev–Trinajstić information content (AvgIpc) is 2.88. The molecule has 86 valence electrons. The van der Waals surface area contributed by atoms with Crippen LogP contribution in [-0.2, 0) is 11.2 Å². The minimum absolute atomic E-state index is 0.336. The molecule has 16 heavy (non-hydrogen) atoms. The van der Waals surface area contributed by atoms with E-state index >= 15 is 0 Å². The average molecular weight is 240 g/mol. The third-order valence-electron chi connectivity index (χ3n) is 2.59. The third-order valence-corrected chi connectivity index (χ3v) is 3.73. The van der Waals surface area contributed by atoms with Gasteiger partial charge in [-0.1, -0.05) is 6.92 Å². The monoisotopic (exact) mass is 240 g/mol. The van der Waals surface area contributed by atoms with Crippen LogP contribution in [0, 0.1) is 0 Å². The summed E-state index contributed by atoms with van der Waals surface area (Å²) in [6, 6.07) is 0. The molecule has 0 radical (unpaired) electrons. The molecule has 0 spiro atoms. The van der Waals surface area contributed by atoms with Gasteiger partial charge in [-0.15, -0.1) is 11.3 Å². The molecule has 0 bridgehead atoms. The lowest BCUT2D eigenvalue weighted by Gasteiger charge is -2.10. The summed E-state index contributed by atoms with van der Waals surface area (Å²) in [6.07, 6.45) is 3.29. The number of hydrogen-bond acceptors (Lipinski definition) is 4. The number of carbonyl (C=O) groups is 2. The molecule has 0 unspecified atom stereocenters. The van der Waals surface area contributed by atoms with Crippen LogP contribution in [0.1, 0.15) is 34.4 Å². The molecule has 0 atom stereocenters. The van der Waals surface area contributed by atoms with E-state index in [-0.39, 0.29) is 5.91 Å². The lowest BCUT2D eigenvalue weighted by Crippen LogP contribution is -2.42. The maximum Gasteiger partial charge on any atom is 0.329 e. The zero-order valence-corrected chi connectivity index (χ0v) is 9.63. The van der Waals surface area contributed by atoms with Crippen LogP contribution in [0.5, 0.6) is 0 Å². The van der Waals surface area contributed by atoms with Gasteiger partial charge in [0.2, 0.25) is 0 Å². The van der Waals surface area contributed by atoms with Crippen molar-refractivity contribution in [2.24, 2.45) is 0 Å². The lowest BCUT2D eigenvalue weighted by atomic mass is 10.2. The van der Waals surface area contributed by atoms with Crippen molar-refractivity contribution in [1.82, 2.24) is 10.3 Å². The molecule has 0 aliphatic heterocycles. The molecule has 1 amide bonds. The fourth-order valence-electron chi connectivity index (χ4n) is 1.37. The van der Waals surface area contributed by atoms with Crippen LogP contribution in [0.4, 0.5) is 0 Å². The molecule has 1 aliphatic carbocycles. The number of carboxylic acid groups (broad SMARTS) is 1. The molecule has 1 fully saturated rings. The quantitative estimate of drug-likeness (QED) is 0.824. The van der Waals surface area contributed by atoms with Gasteiger partial charge in [0.15, 0.2) is 0 Å². The Morgan fingerprint density at radius 3 is 2.75 bits per heavy atom. The first-order valence-corrected chi connectivity index (χ1v) is 5.89. The van der Waals surface area contributed by atoms with Crippen molar-refractivity contribution in [2.45, 2.75) is 31.7 Å². The SMILES string of the molecule is CCc1ncc(C(=O)NC2(C(=O)O)CC2)s1. The Hall–Kier alpha value is -1.43. The summed E-state index contributed by atoms with van der Waals surface area (Å²) in [5, 5.41) is 12.4. The number of thiazole rings is 1. The number of amides is 1. The molecule has 0 saturated heterocycles. The summed E-state index contributed by atoms with van der Waals surface area (Å²) in [5.74, 6) is -1.29. The van der Waals surface area contributed by atoms with Crippen molar-refractivity contribution in [2.75, 3.05) is 0 Å². The van der Waals surface area contributed by atoms with E-state index in [1.165, 1.54) is 17.5 Å². The molecule has 6 heteroatoms. The Kier molecular flexibility index (Phi) is 2.67. The minimum Gasteiger partial charge on any atom is -0.480 e. The predicted octanol–water partition coefficient (Wildman–Crippen LogP) is 1.05. The fourth-order valence-corrected chi connectivity index (χ4v) is 2.13. The van der Waals surface area contributed by atoms with Crippen molar-refractivity contribution < 1.29 is 14.7 Å². The first-order valence-electron chi connectivity index (χ1n) is 5.08. The maximum atomic E-state index is 11.7. The minimum atomic E-state index is -1.02. The summed E-state index contributed by atoms with van der Waals surface area (Å²) >= 11 is 1.31. The number of aromatic nitrogens is 1. The van der Waals surface area contributed by atoms with Gasteiger partial charge in [0, 0.05) is 0 Å². The van der Waals surface area contributed by atoms with Gasteiger partial charge in [-0.05, 0) is 19.3 Å². The number of carboxylic acids is 1. The van der Waals surface area contributed by atoms with Crippen LogP contribution >= 0.6 is 11.3 Å². The molecule has 2 rings (SSSR count). The van der Waals surface area contributed by atoms with E-state index in [9.17, 15) is 9.59 Å². The molecule has 2 N–H and O–H groups in total. The van der Waals surface area contributed by atoms with Gasteiger partial charge in [0.25, 0.3) is 5.91 Å². The molecule has 1 aromatic heterocycles. The van der Waals surface area contributed by atoms with Gasteiger partial charge in [0.1, 0.15) is 10.4 Å². The zero-order chi connectivity index (χ0) is 11.8. The Bertz CT molecular complexity index is 437. The smallest absolute Gasteiger partial charge is 0.329 e. The summed E-state index contributed by atoms with van der Waals surface area (Å²) < 4.78 is 0. The molecule has 5 nitrogen and oxygen atoms in total. The van der Waals surface area contributed by atoms with Crippen molar-refractivity contribution in [3.05, 3.63) is 16.1 Å². The van der Waals surface area contributed by atoms with Crippen molar-refractivity contribution in [3.63, 3.8) is 0 Å². The Balaban J connectivity index is 2.06. The highest BCUT2D eigenvalue weighted by Gasteiger charge is 2.51. The molecule has 1 saturated carbocycles. The zero-order valence-electron chi connectivity index (χ0n) is 8.82. The highest BCUT2D eigenvalue weighted by atomic mass is 32.1. The van der Waals surface area contributed by atoms with E-state index in [1.807, 2.05) is 6.92 Å². The number of rotatable bonds is 4. The van der Waals surface area contributed by atoms with Crippen molar-refractivity contribution in [3.8, 4) is 0 Å². The summed E-state index contributed by atoms with van der Waals surface area (Å²) in [5.41, 5.74) is -1.02. The molecular formula is C10H12N2O3S. The van der Waals surface area contributed by atoms with Gasteiger partial charge in [-0.25, -0.2) is 9.78 Å². The lowest BCUT2D eigenvalue weighted by molar-refractivity contribution is -0.140. The fraction of sp³-hybridized carbons (Fsp3) is 0.500.